The molecule has 1 N–H and O–H groups in total. The smallest absolute Gasteiger partial charge is 0.202 e. The number of likely N-dealkylation sites (tertiary alicyclic amines) is 1. The van der Waals surface area contributed by atoms with Crippen molar-refractivity contribution in [3.05, 3.63) is 5.82 Å². The summed E-state index contributed by atoms with van der Waals surface area (Å²) in [5.74, 6) is 0.768. The summed E-state index contributed by atoms with van der Waals surface area (Å²) in [5, 5.41) is 4.40. The number of hydrogen-bond donors (Lipinski definition) is 1. The first-order valence-electron chi connectivity index (χ1n) is 6.51. The molecule has 1 aliphatic heterocycles. The number of rotatable bonds is 5. The van der Waals surface area contributed by atoms with E-state index < -0.39 is 0 Å². The Morgan fingerprint density at radius 1 is 1.44 bits per heavy atom. The summed E-state index contributed by atoms with van der Waals surface area (Å²) >= 11 is 1.42. The zero-order chi connectivity index (χ0) is 13.0. The summed E-state index contributed by atoms with van der Waals surface area (Å²) in [4.78, 5) is 6.93. The van der Waals surface area contributed by atoms with E-state index in [0.29, 0.717) is 18.7 Å². The third-order valence-electron chi connectivity index (χ3n) is 3.33. The number of hydrogen-bond acceptors (Lipinski definition) is 6. The number of aromatic nitrogens is 2. The van der Waals surface area contributed by atoms with Gasteiger partial charge in [0.1, 0.15) is 6.61 Å². The molecule has 0 atom stereocenters. The van der Waals surface area contributed by atoms with Crippen molar-refractivity contribution in [3.8, 4) is 0 Å². The fraction of sp³-hybridized carbons (Fsp3) is 0.833. The lowest BCUT2D eigenvalue weighted by molar-refractivity contribution is 0.176. The van der Waals surface area contributed by atoms with Gasteiger partial charge in [-0.25, -0.2) is 4.98 Å². The van der Waals surface area contributed by atoms with Gasteiger partial charge in [0.05, 0.1) is 0 Å². The van der Waals surface area contributed by atoms with Crippen molar-refractivity contribution in [2.24, 2.45) is 0 Å². The molecule has 2 rings (SSSR count). The van der Waals surface area contributed by atoms with Crippen LogP contribution in [0.4, 0.5) is 5.13 Å². The quantitative estimate of drug-likeness (QED) is 0.886. The second-order valence-electron chi connectivity index (χ2n) is 5.00. The average molecular weight is 270 g/mol. The molecule has 1 aliphatic rings. The maximum atomic E-state index is 5.02. The van der Waals surface area contributed by atoms with Gasteiger partial charge in [-0.1, -0.05) is 0 Å². The van der Waals surface area contributed by atoms with E-state index in [9.17, 15) is 0 Å². The molecule has 1 saturated heterocycles. The largest absolute Gasteiger partial charge is 0.377 e. The molecule has 18 heavy (non-hydrogen) atoms. The van der Waals surface area contributed by atoms with Crippen LogP contribution in [0.2, 0.25) is 0 Å². The molecule has 2 heterocycles. The minimum atomic E-state index is 0.490. The van der Waals surface area contributed by atoms with Crippen molar-refractivity contribution < 1.29 is 4.74 Å². The van der Waals surface area contributed by atoms with E-state index in [1.54, 1.807) is 7.11 Å². The normalized spacial score (nSPS) is 18.4. The highest BCUT2D eigenvalue weighted by molar-refractivity contribution is 7.09. The van der Waals surface area contributed by atoms with Gasteiger partial charge in [-0.3, -0.25) is 0 Å². The fourth-order valence-electron chi connectivity index (χ4n) is 2.24. The molecule has 1 aromatic rings. The summed E-state index contributed by atoms with van der Waals surface area (Å²) in [6.07, 6.45) is 2.36. The fourth-order valence-corrected chi connectivity index (χ4v) is 2.89. The molecule has 0 amide bonds. The Morgan fingerprint density at radius 3 is 2.78 bits per heavy atom. The standard InChI is InChI=1S/C12H22N4OS/c1-9(2)16-6-4-10(5-7-16)13-12-14-11(8-17-3)15-18-12/h9-10H,4-8H2,1-3H3,(H,13,14,15). The van der Waals surface area contributed by atoms with Crippen LogP contribution in [-0.4, -0.2) is 46.5 Å². The highest BCUT2D eigenvalue weighted by atomic mass is 32.1. The van der Waals surface area contributed by atoms with Gasteiger partial charge in [0, 0.05) is 43.8 Å². The van der Waals surface area contributed by atoms with E-state index in [2.05, 4.69) is 33.4 Å². The molecular weight excluding hydrogens is 248 g/mol. The maximum Gasteiger partial charge on any atom is 0.202 e. The first-order chi connectivity index (χ1) is 8.69. The van der Waals surface area contributed by atoms with E-state index in [-0.39, 0.29) is 0 Å². The molecule has 0 saturated carbocycles. The predicted octanol–water partition coefficient (Wildman–Crippen LogP) is 1.97. The third-order valence-corrected chi connectivity index (χ3v) is 4.01. The van der Waals surface area contributed by atoms with Gasteiger partial charge >= 0.3 is 0 Å². The van der Waals surface area contributed by atoms with Gasteiger partial charge in [-0.05, 0) is 26.7 Å². The first-order valence-corrected chi connectivity index (χ1v) is 7.28. The number of piperidine rings is 1. The van der Waals surface area contributed by atoms with Crippen molar-refractivity contribution in [1.82, 2.24) is 14.3 Å². The molecule has 0 radical (unpaired) electrons. The SMILES string of the molecule is COCc1nsc(NC2CCN(C(C)C)CC2)n1. The molecule has 1 aromatic heterocycles. The summed E-state index contributed by atoms with van der Waals surface area (Å²) in [5.41, 5.74) is 0. The summed E-state index contributed by atoms with van der Waals surface area (Å²) in [6.45, 7) is 7.34. The van der Waals surface area contributed by atoms with E-state index in [0.717, 1.165) is 11.0 Å². The van der Waals surface area contributed by atoms with E-state index in [1.807, 2.05) is 0 Å². The highest BCUT2D eigenvalue weighted by Crippen LogP contribution is 2.19. The maximum absolute atomic E-state index is 5.02. The van der Waals surface area contributed by atoms with E-state index >= 15 is 0 Å². The lowest BCUT2D eigenvalue weighted by Crippen LogP contribution is -2.42. The molecule has 0 unspecified atom stereocenters. The van der Waals surface area contributed by atoms with Crippen LogP contribution in [0.25, 0.3) is 0 Å². The zero-order valence-electron chi connectivity index (χ0n) is 11.3. The zero-order valence-corrected chi connectivity index (χ0v) is 12.2. The van der Waals surface area contributed by atoms with E-state index in [4.69, 9.17) is 4.74 Å². The lowest BCUT2D eigenvalue weighted by Gasteiger charge is -2.34. The Labute approximate surface area is 113 Å². The number of anilines is 1. The number of ether oxygens (including phenoxy) is 1. The molecule has 102 valence electrons. The van der Waals surface area contributed by atoms with Gasteiger partial charge in [0.25, 0.3) is 0 Å². The Morgan fingerprint density at radius 2 is 2.17 bits per heavy atom. The molecule has 0 aromatic carbocycles. The van der Waals surface area contributed by atoms with Crippen molar-refractivity contribution in [2.75, 3.05) is 25.5 Å². The van der Waals surface area contributed by atoms with Gasteiger partial charge in [-0.2, -0.15) is 4.37 Å². The third kappa shape index (κ3) is 3.63. The Hall–Kier alpha value is -0.720. The minimum absolute atomic E-state index is 0.490. The van der Waals surface area contributed by atoms with Crippen LogP contribution in [0.15, 0.2) is 0 Å². The summed E-state index contributed by atoms with van der Waals surface area (Å²) in [6, 6.07) is 1.18. The van der Waals surface area contributed by atoms with Crippen molar-refractivity contribution in [1.29, 1.82) is 0 Å². The van der Waals surface area contributed by atoms with Crippen LogP contribution >= 0.6 is 11.5 Å². The van der Waals surface area contributed by atoms with Gasteiger partial charge in [0.2, 0.25) is 5.13 Å². The molecule has 1 fully saturated rings. The van der Waals surface area contributed by atoms with Crippen LogP contribution in [0.5, 0.6) is 0 Å². The van der Waals surface area contributed by atoms with Crippen LogP contribution in [0, 0.1) is 0 Å². The lowest BCUT2D eigenvalue weighted by atomic mass is 10.0. The number of nitrogens with one attached hydrogen (secondary N) is 1. The molecule has 0 aliphatic carbocycles. The van der Waals surface area contributed by atoms with Crippen LogP contribution < -0.4 is 5.32 Å². The molecular formula is C12H22N4OS. The average Bonchev–Trinajstić information content (AvgIpc) is 2.78. The van der Waals surface area contributed by atoms with Crippen LogP contribution in [0.3, 0.4) is 0 Å². The Kier molecular flexibility index (Phi) is 4.91. The Balaban J connectivity index is 1.80. The second kappa shape index (κ2) is 6.45. The van der Waals surface area contributed by atoms with E-state index in [1.165, 1.54) is 37.5 Å². The summed E-state index contributed by atoms with van der Waals surface area (Å²) < 4.78 is 9.27. The molecule has 6 heteroatoms. The van der Waals surface area contributed by atoms with Gasteiger partial charge in [-0.15, -0.1) is 0 Å². The minimum Gasteiger partial charge on any atom is -0.377 e. The monoisotopic (exact) mass is 270 g/mol. The first kappa shape index (κ1) is 13.7. The Bertz CT molecular complexity index is 361. The summed E-state index contributed by atoms with van der Waals surface area (Å²) in [7, 11) is 1.66. The van der Waals surface area contributed by atoms with Gasteiger partial charge in [0.15, 0.2) is 5.82 Å². The predicted molar refractivity (Wildman–Crippen MR) is 74.0 cm³/mol. The van der Waals surface area contributed by atoms with Crippen molar-refractivity contribution in [3.63, 3.8) is 0 Å². The topological polar surface area (TPSA) is 50.3 Å². The van der Waals surface area contributed by atoms with Crippen LogP contribution in [0.1, 0.15) is 32.5 Å². The molecule has 5 nitrogen and oxygen atoms in total. The van der Waals surface area contributed by atoms with Crippen molar-refractivity contribution >= 4 is 16.7 Å². The number of nitrogens with zero attached hydrogens (tertiary/aromatic N) is 3. The highest BCUT2D eigenvalue weighted by Gasteiger charge is 2.21. The van der Waals surface area contributed by atoms with Crippen molar-refractivity contribution in [2.45, 2.75) is 45.4 Å². The molecule has 0 bridgehead atoms. The molecule has 0 spiro atoms. The number of methoxy groups -OCH3 is 1. The second-order valence-corrected chi connectivity index (χ2v) is 5.75. The van der Waals surface area contributed by atoms with Crippen LogP contribution in [-0.2, 0) is 11.3 Å². The van der Waals surface area contributed by atoms with Gasteiger partial charge < -0.3 is 15.0 Å².